The molecule has 1 aliphatic carbocycles. The third-order valence-corrected chi connectivity index (χ3v) is 4.43. The summed E-state index contributed by atoms with van der Waals surface area (Å²) >= 11 is 0. The molecule has 1 amide bonds. The highest BCUT2D eigenvalue weighted by Gasteiger charge is 2.28. The molecule has 22 heavy (non-hydrogen) atoms. The Morgan fingerprint density at radius 2 is 2.27 bits per heavy atom. The Hall–Kier alpha value is -1.43. The minimum atomic E-state index is 0.179. The lowest BCUT2D eigenvalue weighted by Gasteiger charge is -2.30. The van der Waals surface area contributed by atoms with Crippen LogP contribution in [-0.2, 0) is 16.0 Å². The first kappa shape index (κ1) is 15.5. The average molecular weight is 307 g/mol. The van der Waals surface area contributed by atoms with E-state index in [1.165, 1.54) is 12.8 Å². The van der Waals surface area contributed by atoms with E-state index in [4.69, 9.17) is 9.26 Å². The fraction of sp³-hybridized carbons (Fsp3) is 0.812. The lowest BCUT2D eigenvalue weighted by atomic mass is 9.98. The number of piperidine rings is 1. The maximum Gasteiger partial charge on any atom is 0.231 e. The first-order valence-electron chi connectivity index (χ1n) is 8.44. The number of ether oxygens (including phenoxy) is 1. The molecule has 0 bridgehead atoms. The van der Waals surface area contributed by atoms with Crippen molar-refractivity contribution in [3.63, 3.8) is 0 Å². The summed E-state index contributed by atoms with van der Waals surface area (Å²) in [5, 5.41) is 4.04. The van der Waals surface area contributed by atoms with E-state index in [2.05, 4.69) is 10.1 Å². The number of nitrogens with zero attached hydrogens (tertiary/aromatic N) is 3. The van der Waals surface area contributed by atoms with Crippen LogP contribution in [0.5, 0.6) is 0 Å². The molecule has 0 radical (unpaired) electrons. The second kappa shape index (κ2) is 7.22. The highest BCUT2D eigenvalue weighted by Crippen LogP contribution is 2.29. The lowest BCUT2D eigenvalue weighted by Crippen LogP contribution is -2.38. The van der Waals surface area contributed by atoms with Crippen LogP contribution in [0.2, 0.25) is 0 Å². The number of hydrogen-bond acceptors (Lipinski definition) is 5. The molecule has 6 heteroatoms. The molecule has 0 aromatic carbocycles. The Kier molecular flexibility index (Phi) is 5.08. The quantitative estimate of drug-likeness (QED) is 0.722. The average Bonchev–Trinajstić information content (AvgIpc) is 3.27. The minimum absolute atomic E-state index is 0.179. The van der Waals surface area contributed by atoms with Crippen molar-refractivity contribution < 1.29 is 14.1 Å². The molecule has 1 aromatic rings. The molecule has 1 saturated carbocycles. The number of carbonyl (C=O) groups is 1. The molecular formula is C16H25N3O3. The van der Waals surface area contributed by atoms with E-state index in [-0.39, 0.29) is 11.8 Å². The number of likely N-dealkylation sites (tertiary alicyclic amines) is 1. The highest BCUT2D eigenvalue weighted by atomic mass is 16.5. The van der Waals surface area contributed by atoms with Gasteiger partial charge >= 0.3 is 0 Å². The second-order valence-electron chi connectivity index (χ2n) is 6.35. The van der Waals surface area contributed by atoms with Gasteiger partial charge in [-0.25, -0.2) is 0 Å². The molecule has 122 valence electrons. The Labute approximate surface area is 131 Å². The van der Waals surface area contributed by atoms with E-state index >= 15 is 0 Å². The zero-order valence-corrected chi connectivity index (χ0v) is 13.3. The number of rotatable bonds is 7. The number of hydrogen-bond donors (Lipinski definition) is 0. The molecule has 0 spiro atoms. The summed E-state index contributed by atoms with van der Waals surface area (Å²) in [6.45, 7) is 4.96. The first-order valence-corrected chi connectivity index (χ1v) is 8.44. The third kappa shape index (κ3) is 4.06. The van der Waals surface area contributed by atoms with Crippen LogP contribution in [0.4, 0.5) is 0 Å². The minimum Gasteiger partial charge on any atom is -0.381 e. The first-order chi connectivity index (χ1) is 10.8. The standard InChI is InChI=1S/C16H25N3O3/c1-2-15(20)19-8-3-4-13(10-19)16-17-14(18-22-16)7-9-21-11-12-5-6-12/h12-13H,2-11H2,1H3. The van der Waals surface area contributed by atoms with Crippen molar-refractivity contribution in [1.82, 2.24) is 15.0 Å². The Bertz CT molecular complexity index is 499. The molecule has 2 aliphatic rings. The van der Waals surface area contributed by atoms with E-state index in [1.807, 2.05) is 11.8 Å². The van der Waals surface area contributed by atoms with Gasteiger partial charge in [0.15, 0.2) is 5.82 Å². The predicted molar refractivity (Wildman–Crippen MR) is 80.4 cm³/mol. The van der Waals surface area contributed by atoms with Crippen LogP contribution in [0.25, 0.3) is 0 Å². The molecule has 1 atom stereocenters. The van der Waals surface area contributed by atoms with Crippen molar-refractivity contribution in [1.29, 1.82) is 0 Å². The number of aromatic nitrogens is 2. The molecule has 1 aromatic heterocycles. The van der Waals surface area contributed by atoms with Gasteiger partial charge in [-0.1, -0.05) is 12.1 Å². The van der Waals surface area contributed by atoms with Gasteiger partial charge in [0.2, 0.25) is 11.8 Å². The Balaban J connectivity index is 1.47. The normalized spacial score (nSPS) is 22.0. The summed E-state index contributed by atoms with van der Waals surface area (Å²) in [4.78, 5) is 18.2. The van der Waals surface area contributed by atoms with Crippen molar-refractivity contribution in [2.24, 2.45) is 5.92 Å². The summed E-state index contributed by atoms with van der Waals surface area (Å²) in [6, 6.07) is 0. The van der Waals surface area contributed by atoms with Gasteiger partial charge in [0.05, 0.1) is 12.5 Å². The van der Waals surface area contributed by atoms with Gasteiger partial charge in [-0.15, -0.1) is 0 Å². The number of amides is 1. The van der Waals surface area contributed by atoms with Crippen molar-refractivity contribution in [2.45, 2.75) is 51.4 Å². The van der Waals surface area contributed by atoms with Crippen LogP contribution in [0, 0.1) is 5.92 Å². The van der Waals surface area contributed by atoms with Gasteiger partial charge < -0.3 is 14.2 Å². The van der Waals surface area contributed by atoms with Gasteiger partial charge in [-0.3, -0.25) is 4.79 Å². The van der Waals surface area contributed by atoms with Crippen LogP contribution in [0.15, 0.2) is 4.52 Å². The Morgan fingerprint density at radius 3 is 3.05 bits per heavy atom. The zero-order valence-electron chi connectivity index (χ0n) is 13.3. The van der Waals surface area contributed by atoms with Crippen LogP contribution >= 0.6 is 0 Å². The van der Waals surface area contributed by atoms with E-state index in [1.54, 1.807) is 0 Å². The van der Waals surface area contributed by atoms with Crippen LogP contribution in [0.1, 0.15) is 56.7 Å². The predicted octanol–water partition coefficient (Wildman–Crippen LogP) is 2.15. The van der Waals surface area contributed by atoms with Crippen LogP contribution in [0.3, 0.4) is 0 Å². The van der Waals surface area contributed by atoms with Crippen LogP contribution < -0.4 is 0 Å². The highest BCUT2D eigenvalue weighted by molar-refractivity contribution is 5.75. The van der Waals surface area contributed by atoms with E-state index in [9.17, 15) is 4.79 Å². The maximum absolute atomic E-state index is 11.8. The van der Waals surface area contributed by atoms with Crippen molar-refractivity contribution in [3.05, 3.63) is 11.7 Å². The van der Waals surface area contributed by atoms with Gasteiger partial charge in [0.25, 0.3) is 0 Å². The van der Waals surface area contributed by atoms with Crippen molar-refractivity contribution in [2.75, 3.05) is 26.3 Å². The molecular weight excluding hydrogens is 282 g/mol. The molecule has 0 N–H and O–H groups in total. The van der Waals surface area contributed by atoms with Gasteiger partial charge in [-0.05, 0) is 31.6 Å². The van der Waals surface area contributed by atoms with E-state index < -0.39 is 0 Å². The molecule has 1 saturated heterocycles. The van der Waals surface area contributed by atoms with Crippen molar-refractivity contribution in [3.8, 4) is 0 Å². The molecule has 1 aliphatic heterocycles. The van der Waals surface area contributed by atoms with Gasteiger partial charge in [0, 0.05) is 32.5 Å². The van der Waals surface area contributed by atoms with E-state index in [0.29, 0.717) is 37.7 Å². The summed E-state index contributed by atoms with van der Waals surface area (Å²) in [5.74, 6) is 2.55. The lowest BCUT2D eigenvalue weighted by molar-refractivity contribution is -0.132. The topological polar surface area (TPSA) is 68.5 Å². The van der Waals surface area contributed by atoms with Gasteiger partial charge in [0.1, 0.15) is 0 Å². The van der Waals surface area contributed by atoms with E-state index in [0.717, 1.165) is 31.9 Å². The summed E-state index contributed by atoms with van der Waals surface area (Å²) < 4.78 is 11.0. The largest absolute Gasteiger partial charge is 0.381 e. The molecule has 1 unspecified atom stereocenters. The third-order valence-electron chi connectivity index (χ3n) is 4.43. The maximum atomic E-state index is 11.8. The monoisotopic (exact) mass is 307 g/mol. The Morgan fingerprint density at radius 1 is 1.41 bits per heavy atom. The smallest absolute Gasteiger partial charge is 0.231 e. The van der Waals surface area contributed by atoms with Crippen molar-refractivity contribution >= 4 is 5.91 Å². The summed E-state index contributed by atoms with van der Waals surface area (Å²) in [6.07, 6.45) is 5.87. The van der Waals surface area contributed by atoms with Crippen LogP contribution in [-0.4, -0.2) is 47.3 Å². The summed E-state index contributed by atoms with van der Waals surface area (Å²) in [7, 11) is 0. The zero-order chi connectivity index (χ0) is 15.4. The molecule has 6 nitrogen and oxygen atoms in total. The SMILES string of the molecule is CCC(=O)N1CCCC(c2nc(CCOCC3CC3)no2)C1. The molecule has 2 fully saturated rings. The second-order valence-corrected chi connectivity index (χ2v) is 6.35. The number of carbonyl (C=O) groups excluding carboxylic acids is 1. The van der Waals surface area contributed by atoms with Gasteiger partial charge in [-0.2, -0.15) is 4.98 Å². The fourth-order valence-corrected chi connectivity index (χ4v) is 2.86. The summed E-state index contributed by atoms with van der Waals surface area (Å²) in [5.41, 5.74) is 0. The molecule has 3 rings (SSSR count). The molecule has 2 heterocycles. The fourth-order valence-electron chi connectivity index (χ4n) is 2.86.